The Bertz CT molecular complexity index is 555. The van der Waals surface area contributed by atoms with Gasteiger partial charge in [0, 0.05) is 12.7 Å². The lowest BCUT2D eigenvalue weighted by Gasteiger charge is -2.09. The van der Waals surface area contributed by atoms with Gasteiger partial charge in [-0.3, -0.25) is 5.10 Å². The number of hydrogen-bond acceptors (Lipinski definition) is 3. The highest BCUT2D eigenvalue weighted by atomic mass is 16.3. The van der Waals surface area contributed by atoms with Crippen LogP contribution in [0, 0.1) is 13.8 Å². The minimum atomic E-state index is -0.301. The molecule has 0 atom stereocenters. The molecule has 2 amide bonds. The van der Waals surface area contributed by atoms with Crippen molar-refractivity contribution in [3.63, 3.8) is 0 Å². The van der Waals surface area contributed by atoms with Gasteiger partial charge in [0.1, 0.15) is 5.75 Å². The lowest BCUT2D eigenvalue weighted by molar-refractivity contribution is 0.251. The van der Waals surface area contributed by atoms with E-state index < -0.39 is 0 Å². The fourth-order valence-corrected chi connectivity index (χ4v) is 1.82. The molecule has 1 heterocycles. The number of phenols is 1. The van der Waals surface area contributed by atoms with Crippen LogP contribution in [0.5, 0.6) is 5.75 Å². The highest BCUT2D eigenvalue weighted by molar-refractivity contribution is 5.88. The highest BCUT2D eigenvalue weighted by Gasteiger charge is 2.05. The van der Waals surface area contributed by atoms with Crippen LogP contribution in [-0.2, 0) is 6.54 Å². The Kier molecular flexibility index (Phi) is 3.70. The van der Waals surface area contributed by atoms with E-state index in [-0.39, 0.29) is 6.03 Å². The van der Waals surface area contributed by atoms with E-state index in [1.165, 1.54) is 6.20 Å². The lowest BCUT2D eigenvalue weighted by Crippen LogP contribution is -2.28. The zero-order valence-electron chi connectivity index (χ0n) is 10.8. The molecular formula is C13H16N4O2. The van der Waals surface area contributed by atoms with Crippen molar-refractivity contribution in [3.05, 3.63) is 41.2 Å². The maximum Gasteiger partial charge on any atom is 0.319 e. The molecule has 1 aromatic heterocycles. The Morgan fingerprint density at radius 1 is 1.37 bits per heavy atom. The van der Waals surface area contributed by atoms with Gasteiger partial charge in [-0.25, -0.2) is 4.79 Å². The molecule has 4 N–H and O–H groups in total. The summed E-state index contributed by atoms with van der Waals surface area (Å²) in [5.41, 5.74) is 3.14. The maximum absolute atomic E-state index is 11.6. The third-order valence-electron chi connectivity index (χ3n) is 2.76. The first-order valence-corrected chi connectivity index (χ1v) is 5.89. The van der Waals surface area contributed by atoms with Crippen LogP contribution in [0.3, 0.4) is 0 Å². The zero-order chi connectivity index (χ0) is 13.8. The molecule has 2 rings (SSSR count). The number of rotatable bonds is 3. The van der Waals surface area contributed by atoms with E-state index in [1.54, 1.807) is 6.20 Å². The second-order valence-corrected chi connectivity index (χ2v) is 4.37. The summed E-state index contributed by atoms with van der Waals surface area (Å²) in [5, 5.41) is 21.4. The van der Waals surface area contributed by atoms with Crippen LogP contribution in [0.4, 0.5) is 10.5 Å². The monoisotopic (exact) mass is 260 g/mol. The van der Waals surface area contributed by atoms with Gasteiger partial charge in [-0.2, -0.15) is 5.10 Å². The Labute approximate surface area is 110 Å². The minimum absolute atomic E-state index is 0.298. The summed E-state index contributed by atoms with van der Waals surface area (Å²) in [7, 11) is 0. The first-order chi connectivity index (χ1) is 9.06. The molecular weight excluding hydrogens is 244 g/mol. The summed E-state index contributed by atoms with van der Waals surface area (Å²) in [6.07, 6.45) is 3.11. The van der Waals surface area contributed by atoms with Gasteiger partial charge in [-0.1, -0.05) is 12.1 Å². The topological polar surface area (TPSA) is 90.0 Å². The van der Waals surface area contributed by atoms with Crippen LogP contribution in [-0.4, -0.2) is 21.3 Å². The standard InChI is InChI=1S/C13H16N4O2/c1-8-3-10(4-9(2)12(8)18)5-14-13(19)17-11-6-15-16-7-11/h3-4,6-7,18H,5H2,1-2H3,(H,15,16)(H2,14,17,19). The smallest absolute Gasteiger partial charge is 0.319 e. The van der Waals surface area contributed by atoms with E-state index in [0.717, 1.165) is 16.7 Å². The first-order valence-electron chi connectivity index (χ1n) is 5.89. The van der Waals surface area contributed by atoms with Crippen LogP contribution >= 0.6 is 0 Å². The number of carbonyl (C=O) groups excluding carboxylic acids is 1. The number of H-pyrrole nitrogens is 1. The fourth-order valence-electron chi connectivity index (χ4n) is 1.82. The molecule has 100 valence electrons. The van der Waals surface area contributed by atoms with Gasteiger partial charge < -0.3 is 15.7 Å². The van der Waals surface area contributed by atoms with Gasteiger partial charge in [0.25, 0.3) is 0 Å². The van der Waals surface area contributed by atoms with Crippen molar-refractivity contribution in [1.29, 1.82) is 0 Å². The number of nitrogens with zero attached hydrogens (tertiary/aromatic N) is 1. The Morgan fingerprint density at radius 2 is 2.05 bits per heavy atom. The summed E-state index contributed by atoms with van der Waals surface area (Å²) < 4.78 is 0. The van der Waals surface area contributed by atoms with E-state index in [1.807, 2.05) is 26.0 Å². The molecule has 0 saturated heterocycles. The fraction of sp³-hybridized carbons (Fsp3) is 0.231. The highest BCUT2D eigenvalue weighted by Crippen LogP contribution is 2.22. The molecule has 0 radical (unpaired) electrons. The van der Waals surface area contributed by atoms with Crippen LogP contribution in [0.2, 0.25) is 0 Å². The number of carbonyl (C=O) groups is 1. The molecule has 0 aliphatic heterocycles. The van der Waals surface area contributed by atoms with E-state index in [0.29, 0.717) is 18.0 Å². The number of hydrogen-bond donors (Lipinski definition) is 4. The van der Waals surface area contributed by atoms with Gasteiger partial charge in [0.2, 0.25) is 0 Å². The minimum Gasteiger partial charge on any atom is -0.507 e. The lowest BCUT2D eigenvalue weighted by atomic mass is 10.1. The van der Waals surface area contributed by atoms with E-state index in [9.17, 15) is 9.90 Å². The summed E-state index contributed by atoms with van der Waals surface area (Å²) in [6, 6.07) is 3.39. The average molecular weight is 260 g/mol. The molecule has 0 bridgehead atoms. The van der Waals surface area contributed by atoms with Gasteiger partial charge >= 0.3 is 6.03 Å². The Hall–Kier alpha value is -2.50. The molecule has 19 heavy (non-hydrogen) atoms. The molecule has 6 nitrogen and oxygen atoms in total. The van der Waals surface area contributed by atoms with Crippen LogP contribution < -0.4 is 10.6 Å². The SMILES string of the molecule is Cc1cc(CNC(=O)Nc2cn[nH]c2)cc(C)c1O. The normalized spacial score (nSPS) is 10.2. The van der Waals surface area contributed by atoms with E-state index >= 15 is 0 Å². The molecule has 6 heteroatoms. The number of aromatic amines is 1. The van der Waals surface area contributed by atoms with Crippen molar-refractivity contribution in [2.45, 2.75) is 20.4 Å². The third kappa shape index (κ3) is 3.25. The number of nitrogens with one attached hydrogen (secondary N) is 3. The van der Waals surface area contributed by atoms with Crippen molar-refractivity contribution in [2.24, 2.45) is 0 Å². The molecule has 0 aliphatic rings. The maximum atomic E-state index is 11.6. The van der Waals surface area contributed by atoms with Gasteiger partial charge in [-0.05, 0) is 30.5 Å². The predicted molar refractivity (Wildman–Crippen MR) is 72.0 cm³/mol. The van der Waals surface area contributed by atoms with Crippen molar-refractivity contribution < 1.29 is 9.90 Å². The summed E-state index contributed by atoms with van der Waals surface area (Å²) in [4.78, 5) is 11.6. The number of amides is 2. The van der Waals surface area contributed by atoms with Crippen molar-refractivity contribution >= 4 is 11.7 Å². The molecule has 0 saturated carbocycles. The largest absolute Gasteiger partial charge is 0.507 e. The van der Waals surface area contributed by atoms with Gasteiger partial charge in [0.05, 0.1) is 11.9 Å². The van der Waals surface area contributed by atoms with Gasteiger partial charge in [0.15, 0.2) is 0 Å². The van der Waals surface area contributed by atoms with Crippen LogP contribution in [0.25, 0.3) is 0 Å². The molecule has 2 aromatic rings. The second kappa shape index (κ2) is 5.43. The number of phenolic OH excluding ortho intramolecular Hbond substituents is 1. The van der Waals surface area contributed by atoms with Crippen LogP contribution in [0.15, 0.2) is 24.5 Å². The number of aryl methyl sites for hydroxylation is 2. The predicted octanol–water partition coefficient (Wildman–Crippen LogP) is 2.05. The second-order valence-electron chi connectivity index (χ2n) is 4.37. The number of anilines is 1. The number of urea groups is 1. The van der Waals surface area contributed by atoms with Crippen molar-refractivity contribution in [3.8, 4) is 5.75 Å². The van der Waals surface area contributed by atoms with E-state index in [4.69, 9.17) is 0 Å². The number of aromatic hydroxyl groups is 1. The number of benzene rings is 1. The van der Waals surface area contributed by atoms with Crippen molar-refractivity contribution in [1.82, 2.24) is 15.5 Å². The van der Waals surface area contributed by atoms with Gasteiger partial charge in [-0.15, -0.1) is 0 Å². The third-order valence-corrected chi connectivity index (χ3v) is 2.76. The number of aromatic nitrogens is 2. The van der Waals surface area contributed by atoms with E-state index in [2.05, 4.69) is 20.8 Å². The Balaban J connectivity index is 1.93. The summed E-state index contributed by atoms with van der Waals surface area (Å²) >= 11 is 0. The molecule has 0 spiro atoms. The molecule has 0 aliphatic carbocycles. The molecule has 0 unspecified atom stereocenters. The zero-order valence-corrected chi connectivity index (χ0v) is 10.8. The van der Waals surface area contributed by atoms with Crippen molar-refractivity contribution in [2.75, 3.05) is 5.32 Å². The average Bonchev–Trinajstić information content (AvgIpc) is 2.86. The molecule has 1 aromatic carbocycles. The molecule has 0 fully saturated rings. The first kappa shape index (κ1) is 12.9. The quantitative estimate of drug-likeness (QED) is 0.681. The Morgan fingerprint density at radius 3 is 2.63 bits per heavy atom. The summed E-state index contributed by atoms with van der Waals surface area (Å²) in [5.74, 6) is 0.298. The summed E-state index contributed by atoms with van der Waals surface area (Å²) in [6.45, 7) is 4.06. The van der Waals surface area contributed by atoms with Crippen LogP contribution in [0.1, 0.15) is 16.7 Å².